The van der Waals surface area contributed by atoms with Gasteiger partial charge in [0, 0.05) is 11.1 Å². The third kappa shape index (κ3) is 7.49. The number of amides is 2. The molecule has 0 aliphatic heterocycles. The predicted molar refractivity (Wildman–Crippen MR) is 161 cm³/mol. The number of aryl methyl sites for hydroxylation is 6. The summed E-state index contributed by atoms with van der Waals surface area (Å²) >= 11 is 2.20. The van der Waals surface area contributed by atoms with Crippen LogP contribution in [0.1, 0.15) is 61.0 Å². The monoisotopic (exact) mass is 628 g/mol. The first-order valence-corrected chi connectivity index (χ1v) is 13.9. The molecule has 0 unspecified atom stereocenters. The maximum atomic E-state index is 12.8. The Morgan fingerprint density at radius 2 is 1.26 bits per heavy atom. The van der Waals surface area contributed by atoms with Crippen molar-refractivity contribution in [1.82, 2.24) is 10.6 Å². The number of carbonyl (C=O) groups excluding carboxylic acids is 2. The smallest absolute Gasteiger partial charge is 0.251 e. The van der Waals surface area contributed by atoms with Crippen LogP contribution in [0.15, 0.2) is 42.5 Å². The Morgan fingerprint density at radius 3 is 1.79 bits per heavy atom. The van der Waals surface area contributed by atoms with Crippen molar-refractivity contribution < 1.29 is 19.1 Å². The molecule has 2 N–H and O–H groups in total. The summed E-state index contributed by atoms with van der Waals surface area (Å²) in [5.74, 6) is 1.17. The molecule has 0 aliphatic rings. The zero-order valence-electron chi connectivity index (χ0n) is 23.3. The van der Waals surface area contributed by atoms with Crippen molar-refractivity contribution in [3.63, 3.8) is 0 Å². The highest BCUT2D eigenvalue weighted by Gasteiger charge is 2.16. The second kappa shape index (κ2) is 13.1. The summed E-state index contributed by atoms with van der Waals surface area (Å²) in [7, 11) is 0. The fourth-order valence-electron chi connectivity index (χ4n) is 4.77. The molecule has 0 bridgehead atoms. The van der Waals surface area contributed by atoms with E-state index in [2.05, 4.69) is 33.2 Å². The lowest BCUT2D eigenvalue weighted by Crippen LogP contribution is -2.34. The maximum absolute atomic E-state index is 12.8. The van der Waals surface area contributed by atoms with Crippen LogP contribution in [0.4, 0.5) is 0 Å². The number of hydrogen-bond donors (Lipinski definition) is 2. The van der Waals surface area contributed by atoms with Gasteiger partial charge in [-0.25, -0.2) is 0 Å². The first kappa shape index (κ1) is 29.5. The summed E-state index contributed by atoms with van der Waals surface area (Å²) < 4.78 is 12.9. The predicted octanol–water partition coefficient (Wildman–Crippen LogP) is 6.15. The highest BCUT2D eigenvalue weighted by molar-refractivity contribution is 14.1. The number of benzene rings is 3. The molecule has 6 nitrogen and oxygen atoms in total. The molecule has 202 valence electrons. The molecule has 7 heteroatoms. The molecular weight excluding hydrogens is 591 g/mol. The average molecular weight is 629 g/mol. The topological polar surface area (TPSA) is 76.7 Å². The van der Waals surface area contributed by atoms with Crippen LogP contribution in [0.25, 0.3) is 0 Å². The van der Waals surface area contributed by atoms with Crippen molar-refractivity contribution in [2.45, 2.75) is 54.6 Å². The van der Waals surface area contributed by atoms with E-state index < -0.39 is 0 Å². The van der Waals surface area contributed by atoms with Gasteiger partial charge in [0.05, 0.1) is 16.7 Å². The van der Waals surface area contributed by atoms with Gasteiger partial charge >= 0.3 is 0 Å². The Hall–Kier alpha value is -3.07. The molecule has 0 aromatic heterocycles. The van der Waals surface area contributed by atoms with Crippen molar-refractivity contribution >= 4 is 34.4 Å². The lowest BCUT2D eigenvalue weighted by Gasteiger charge is -2.19. The van der Waals surface area contributed by atoms with E-state index in [1.807, 2.05) is 90.9 Å². The SMILES string of the molecule is Cc1cc(C)c(C(=O)NCCOc2cccc(O[C@@H](C)CNC(=O)c3c(C)cc(C)cc3C)c2I)c(C)c1. The van der Waals surface area contributed by atoms with E-state index in [1.54, 1.807) is 0 Å². The minimum atomic E-state index is -0.242. The van der Waals surface area contributed by atoms with Gasteiger partial charge < -0.3 is 20.1 Å². The van der Waals surface area contributed by atoms with Gasteiger partial charge in [-0.2, -0.15) is 0 Å². The molecule has 2 amide bonds. The minimum absolute atomic E-state index is 0.0951. The zero-order valence-corrected chi connectivity index (χ0v) is 25.4. The van der Waals surface area contributed by atoms with E-state index >= 15 is 0 Å². The Morgan fingerprint density at radius 1 is 0.789 bits per heavy atom. The summed E-state index contributed by atoms with van der Waals surface area (Å²) in [5, 5.41) is 5.94. The van der Waals surface area contributed by atoms with Gasteiger partial charge in [0.1, 0.15) is 24.2 Å². The Bertz CT molecular complexity index is 1290. The van der Waals surface area contributed by atoms with E-state index in [4.69, 9.17) is 9.47 Å². The average Bonchev–Trinajstić information content (AvgIpc) is 2.81. The molecule has 3 rings (SSSR count). The second-order valence-electron chi connectivity index (χ2n) is 9.86. The van der Waals surface area contributed by atoms with Gasteiger partial charge in [-0.3, -0.25) is 9.59 Å². The summed E-state index contributed by atoms with van der Waals surface area (Å²) in [4.78, 5) is 25.5. The third-order valence-electron chi connectivity index (χ3n) is 6.26. The standard InChI is InChI=1S/C31H37IN2O4/c1-18-13-20(3)27(21(4)14-18)30(35)33-11-12-37-25-9-8-10-26(29(25)32)38-24(7)17-34-31(36)28-22(5)15-19(2)16-23(28)6/h8-10,13-16,24H,11-12,17H2,1-7H3,(H,33,35)(H,34,36)/t24-/m0/s1. The highest BCUT2D eigenvalue weighted by Crippen LogP contribution is 2.30. The number of ether oxygens (including phenoxy) is 2. The Kier molecular flexibility index (Phi) is 10.2. The van der Waals surface area contributed by atoms with Crippen molar-refractivity contribution in [2.75, 3.05) is 19.7 Å². The van der Waals surface area contributed by atoms with Gasteiger partial charge in [-0.05, 0) is 105 Å². The summed E-state index contributed by atoms with van der Waals surface area (Å²) in [6, 6.07) is 13.7. The molecule has 0 spiro atoms. The normalized spacial score (nSPS) is 11.6. The van der Waals surface area contributed by atoms with E-state index in [1.165, 1.54) is 0 Å². The molecule has 38 heavy (non-hydrogen) atoms. The quantitative estimate of drug-likeness (QED) is 0.209. The number of rotatable bonds is 10. The van der Waals surface area contributed by atoms with Crippen LogP contribution in [0.3, 0.4) is 0 Å². The number of hydrogen-bond acceptors (Lipinski definition) is 4. The molecule has 0 radical (unpaired) electrons. The summed E-state index contributed by atoms with van der Waals surface area (Å²) in [6.07, 6.45) is -0.242. The van der Waals surface area contributed by atoms with Crippen molar-refractivity contribution in [1.29, 1.82) is 0 Å². The summed E-state index contributed by atoms with van der Waals surface area (Å²) in [5.41, 5.74) is 7.58. The molecule has 1 atom stereocenters. The van der Waals surface area contributed by atoms with Crippen LogP contribution >= 0.6 is 22.6 Å². The maximum Gasteiger partial charge on any atom is 0.251 e. The van der Waals surface area contributed by atoms with Crippen LogP contribution in [0, 0.1) is 45.1 Å². The Balaban J connectivity index is 1.52. The van der Waals surface area contributed by atoms with Gasteiger partial charge in [0.15, 0.2) is 0 Å². The van der Waals surface area contributed by atoms with Gasteiger partial charge in [0.2, 0.25) is 0 Å². The summed E-state index contributed by atoms with van der Waals surface area (Å²) in [6.45, 7) is 14.9. The van der Waals surface area contributed by atoms with Crippen LogP contribution in [-0.4, -0.2) is 37.6 Å². The van der Waals surface area contributed by atoms with E-state index in [0.29, 0.717) is 42.3 Å². The van der Waals surface area contributed by atoms with Crippen LogP contribution in [0.5, 0.6) is 11.5 Å². The molecule has 0 saturated carbocycles. The van der Waals surface area contributed by atoms with Crippen LogP contribution in [-0.2, 0) is 0 Å². The lowest BCUT2D eigenvalue weighted by atomic mass is 9.99. The molecule has 0 heterocycles. The fourth-order valence-corrected chi connectivity index (χ4v) is 5.41. The van der Waals surface area contributed by atoms with Crippen molar-refractivity contribution in [2.24, 2.45) is 0 Å². The molecule has 0 fully saturated rings. The third-order valence-corrected chi connectivity index (χ3v) is 7.32. The lowest BCUT2D eigenvalue weighted by molar-refractivity contribution is 0.0928. The second-order valence-corrected chi connectivity index (χ2v) is 10.9. The molecular formula is C31H37IN2O4. The number of halogens is 1. The molecule has 0 saturated heterocycles. The largest absolute Gasteiger partial charge is 0.490 e. The highest BCUT2D eigenvalue weighted by atomic mass is 127. The van der Waals surface area contributed by atoms with Crippen LogP contribution < -0.4 is 20.1 Å². The van der Waals surface area contributed by atoms with E-state index in [9.17, 15) is 9.59 Å². The molecule has 3 aromatic carbocycles. The van der Waals surface area contributed by atoms with Crippen molar-refractivity contribution in [3.05, 3.63) is 90.5 Å². The number of nitrogens with one attached hydrogen (secondary N) is 2. The van der Waals surface area contributed by atoms with Gasteiger partial charge in [-0.15, -0.1) is 0 Å². The number of carbonyl (C=O) groups is 2. The van der Waals surface area contributed by atoms with Crippen molar-refractivity contribution in [3.8, 4) is 11.5 Å². The minimum Gasteiger partial charge on any atom is -0.490 e. The fraction of sp³-hybridized carbons (Fsp3) is 0.355. The first-order valence-electron chi connectivity index (χ1n) is 12.8. The Labute approximate surface area is 239 Å². The molecule has 0 aliphatic carbocycles. The van der Waals surface area contributed by atoms with E-state index in [-0.39, 0.29) is 17.9 Å². The van der Waals surface area contributed by atoms with Gasteiger partial charge in [0.25, 0.3) is 11.8 Å². The zero-order chi connectivity index (χ0) is 28.0. The van der Waals surface area contributed by atoms with Gasteiger partial charge in [-0.1, -0.05) is 41.5 Å². The van der Waals surface area contributed by atoms with E-state index in [0.717, 1.165) is 37.0 Å². The van der Waals surface area contributed by atoms with Crippen LogP contribution in [0.2, 0.25) is 0 Å². The first-order chi connectivity index (χ1) is 18.0. The molecule has 3 aromatic rings.